The summed E-state index contributed by atoms with van der Waals surface area (Å²) in [5, 5.41) is 3.35. The fourth-order valence-electron chi connectivity index (χ4n) is 1.98. The second kappa shape index (κ2) is 8.93. The molecule has 1 N–H and O–H groups in total. The molecule has 0 radical (unpaired) electrons. The van der Waals surface area contributed by atoms with E-state index < -0.39 is 0 Å². The fraction of sp³-hybridized carbons (Fsp3) is 0.846. The van der Waals surface area contributed by atoms with Crippen LogP contribution in [0.5, 0.6) is 0 Å². The zero-order valence-electron chi connectivity index (χ0n) is 10.8. The highest BCUT2D eigenvalue weighted by atomic mass is 16.5. The fourth-order valence-corrected chi connectivity index (χ4v) is 1.98. The van der Waals surface area contributed by atoms with Gasteiger partial charge in [0, 0.05) is 13.2 Å². The number of rotatable bonds is 9. The Bertz CT molecular complexity index is 159. The van der Waals surface area contributed by atoms with E-state index in [1.54, 1.807) is 7.11 Å². The van der Waals surface area contributed by atoms with Gasteiger partial charge in [-0.25, -0.2) is 0 Å². The van der Waals surface area contributed by atoms with E-state index in [0.717, 1.165) is 12.8 Å². The van der Waals surface area contributed by atoms with Gasteiger partial charge in [-0.3, -0.25) is 0 Å². The first-order valence-electron chi connectivity index (χ1n) is 6.05. The third-order valence-corrected chi connectivity index (χ3v) is 3.11. The third kappa shape index (κ3) is 5.33. The zero-order valence-corrected chi connectivity index (χ0v) is 10.8. The van der Waals surface area contributed by atoms with Crippen LogP contribution in [0.15, 0.2) is 12.7 Å². The predicted octanol–water partition coefficient (Wildman–Crippen LogP) is 2.99. The molecule has 15 heavy (non-hydrogen) atoms. The van der Waals surface area contributed by atoms with Crippen LogP contribution < -0.4 is 5.32 Å². The van der Waals surface area contributed by atoms with E-state index >= 15 is 0 Å². The van der Waals surface area contributed by atoms with E-state index in [4.69, 9.17) is 4.74 Å². The quantitative estimate of drug-likeness (QED) is 0.595. The highest BCUT2D eigenvalue weighted by molar-refractivity contribution is 4.85. The van der Waals surface area contributed by atoms with E-state index in [1.807, 2.05) is 13.1 Å². The molecular weight excluding hydrogens is 186 g/mol. The van der Waals surface area contributed by atoms with Crippen molar-refractivity contribution in [3.63, 3.8) is 0 Å². The van der Waals surface area contributed by atoms with Gasteiger partial charge in [-0.15, -0.1) is 6.58 Å². The molecule has 0 saturated carbocycles. The van der Waals surface area contributed by atoms with E-state index in [1.165, 1.54) is 12.8 Å². The van der Waals surface area contributed by atoms with Gasteiger partial charge in [0.1, 0.15) is 0 Å². The van der Waals surface area contributed by atoms with Crippen molar-refractivity contribution in [3.05, 3.63) is 12.7 Å². The zero-order chi connectivity index (χ0) is 11.7. The highest BCUT2D eigenvalue weighted by Crippen LogP contribution is 2.18. The van der Waals surface area contributed by atoms with Gasteiger partial charge in [0.05, 0.1) is 6.10 Å². The van der Waals surface area contributed by atoms with Crippen molar-refractivity contribution in [1.29, 1.82) is 0 Å². The number of ether oxygens (including phenoxy) is 1. The molecule has 0 amide bonds. The van der Waals surface area contributed by atoms with Gasteiger partial charge < -0.3 is 10.1 Å². The van der Waals surface area contributed by atoms with Crippen LogP contribution in [0.25, 0.3) is 0 Å². The summed E-state index contributed by atoms with van der Waals surface area (Å²) < 4.78 is 5.58. The molecule has 90 valence electrons. The van der Waals surface area contributed by atoms with E-state index in [-0.39, 0.29) is 0 Å². The predicted molar refractivity (Wildman–Crippen MR) is 67.1 cm³/mol. The van der Waals surface area contributed by atoms with Gasteiger partial charge in [-0.1, -0.05) is 26.3 Å². The van der Waals surface area contributed by atoms with Gasteiger partial charge in [-0.05, 0) is 32.2 Å². The molecule has 0 rings (SSSR count). The van der Waals surface area contributed by atoms with Crippen molar-refractivity contribution in [3.8, 4) is 0 Å². The number of nitrogens with one attached hydrogen (secondary N) is 1. The minimum absolute atomic E-state index is 0.304. The summed E-state index contributed by atoms with van der Waals surface area (Å²) in [6, 6.07) is 0.467. The molecule has 0 aliphatic heterocycles. The van der Waals surface area contributed by atoms with Crippen LogP contribution in [0, 0.1) is 5.92 Å². The van der Waals surface area contributed by atoms with Crippen LogP contribution in [0.1, 0.15) is 39.5 Å². The van der Waals surface area contributed by atoms with Crippen molar-refractivity contribution in [1.82, 2.24) is 5.32 Å². The van der Waals surface area contributed by atoms with Gasteiger partial charge in [0.15, 0.2) is 0 Å². The summed E-state index contributed by atoms with van der Waals surface area (Å²) in [5.74, 6) is 0.572. The molecule has 2 heteroatoms. The molecule has 0 aromatic carbocycles. The van der Waals surface area contributed by atoms with Crippen molar-refractivity contribution in [2.24, 2.45) is 5.92 Å². The first-order valence-corrected chi connectivity index (χ1v) is 6.05. The Hall–Kier alpha value is -0.340. The lowest BCUT2D eigenvalue weighted by atomic mass is 9.93. The molecule has 0 aliphatic rings. The number of methoxy groups -OCH3 is 1. The second-order valence-corrected chi connectivity index (χ2v) is 4.10. The van der Waals surface area contributed by atoms with Crippen LogP contribution in [0.3, 0.4) is 0 Å². The summed E-state index contributed by atoms with van der Waals surface area (Å²) in [4.78, 5) is 0. The van der Waals surface area contributed by atoms with Gasteiger partial charge in [0.25, 0.3) is 0 Å². The number of likely N-dealkylation sites (N-methyl/N-ethyl adjacent to an activating group) is 1. The molecule has 2 nitrogen and oxygen atoms in total. The molecule has 0 heterocycles. The largest absolute Gasteiger partial charge is 0.380 e. The lowest BCUT2D eigenvalue weighted by Gasteiger charge is -2.27. The van der Waals surface area contributed by atoms with Crippen LogP contribution in [-0.4, -0.2) is 26.3 Å². The first kappa shape index (κ1) is 14.7. The monoisotopic (exact) mass is 213 g/mol. The molecule has 0 aliphatic carbocycles. The van der Waals surface area contributed by atoms with Crippen molar-refractivity contribution < 1.29 is 4.74 Å². The summed E-state index contributed by atoms with van der Waals surface area (Å²) in [6.07, 6.45) is 6.93. The lowest BCUT2D eigenvalue weighted by molar-refractivity contribution is 0.0520. The van der Waals surface area contributed by atoms with Crippen LogP contribution in [0.4, 0.5) is 0 Å². The number of allylic oxidation sites excluding steroid dienone is 1. The normalized spacial score (nSPS) is 17.1. The molecule has 1 unspecified atom stereocenters. The minimum atomic E-state index is 0.304. The Labute approximate surface area is 95.1 Å². The molecule has 0 aromatic rings. The molecule has 0 saturated heterocycles. The maximum Gasteiger partial charge on any atom is 0.0729 e. The Balaban J connectivity index is 4.23. The van der Waals surface area contributed by atoms with Crippen molar-refractivity contribution in [2.75, 3.05) is 14.2 Å². The lowest BCUT2D eigenvalue weighted by Crippen LogP contribution is -2.39. The average molecular weight is 213 g/mol. The Morgan fingerprint density at radius 3 is 2.40 bits per heavy atom. The third-order valence-electron chi connectivity index (χ3n) is 3.11. The Morgan fingerprint density at radius 2 is 2.07 bits per heavy atom. The van der Waals surface area contributed by atoms with Crippen molar-refractivity contribution in [2.45, 2.75) is 51.7 Å². The number of hydrogen-bond donors (Lipinski definition) is 1. The summed E-state index contributed by atoms with van der Waals surface area (Å²) >= 11 is 0. The standard InChI is InChI=1S/C13H27NO/c1-6-9-12(14-4)13(15-5)10-11(7-2)8-3/h7,11-14H,2,6,8-10H2,1,3-5H3/t11?,12-,13-/m1/s1. The molecule has 0 bridgehead atoms. The van der Waals surface area contributed by atoms with Crippen LogP contribution in [-0.2, 0) is 4.74 Å². The van der Waals surface area contributed by atoms with Crippen LogP contribution in [0.2, 0.25) is 0 Å². The van der Waals surface area contributed by atoms with Crippen LogP contribution >= 0.6 is 0 Å². The Kier molecular flexibility index (Phi) is 8.73. The Morgan fingerprint density at radius 1 is 1.40 bits per heavy atom. The summed E-state index contributed by atoms with van der Waals surface area (Å²) in [5.41, 5.74) is 0. The van der Waals surface area contributed by atoms with E-state index in [2.05, 4.69) is 25.7 Å². The first-order chi connectivity index (χ1) is 7.23. The SMILES string of the molecule is C=CC(CC)C[C@@H](OC)[C@@H](CCC)NC. The summed E-state index contributed by atoms with van der Waals surface area (Å²) in [7, 11) is 3.82. The maximum absolute atomic E-state index is 5.58. The minimum Gasteiger partial charge on any atom is -0.380 e. The summed E-state index contributed by atoms with van der Waals surface area (Å²) in [6.45, 7) is 8.29. The smallest absolute Gasteiger partial charge is 0.0729 e. The topological polar surface area (TPSA) is 21.3 Å². The molecular formula is C13H27NO. The highest BCUT2D eigenvalue weighted by Gasteiger charge is 2.21. The molecule has 0 spiro atoms. The van der Waals surface area contributed by atoms with Crippen molar-refractivity contribution >= 4 is 0 Å². The molecule has 0 aromatic heterocycles. The molecule has 3 atom stereocenters. The van der Waals surface area contributed by atoms with Gasteiger partial charge >= 0.3 is 0 Å². The van der Waals surface area contributed by atoms with E-state index in [9.17, 15) is 0 Å². The number of hydrogen-bond acceptors (Lipinski definition) is 2. The van der Waals surface area contributed by atoms with Gasteiger partial charge in [0.2, 0.25) is 0 Å². The van der Waals surface area contributed by atoms with Gasteiger partial charge in [-0.2, -0.15) is 0 Å². The average Bonchev–Trinajstić information content (AvgIpc) is 2.28. The molecule has 0 fully saturated rings. The second-order valence-electron chi connectivity index (χ2n) is 4.10. The van der Waals surface area contributed by atoms with E-state index in [0.29, 0.717) is 18.1 Å². The maximum atomic E-state index is 5.58.